The molecule has 4 nitrogen and oxygen atoms in total. The number of hydrogen-bond donors (Lipinski definition) is 0. The largest absolute Gasteiger partial charge is 0.294 e. The summed E-state index contributed by atoms with van der Waals surface area (Å²) in [5.41, 5.74) is 1.14. The highest BCUT2D eigenvalue weighted by Crippen LogP contribution is 2.23. The summed E-state index contributed by atoms with van der Waals surface area (Å²) < 4.78 is 0.772. The van der Waals surface area contributed by atoms with Crippen LogP contribution in [0.3, 0.4) is 0 Å². The van der Waals surface area contributed by atoms with Gasteiger partial charge in [0.25, 0.3) is 5.69 Å². The normalized spacial score (nSPS) is 10.3. The first-order valence-electron chi connectivity index (χ1n) is 5.69. The summed E-state index contributed by atoms with van der Waals surface area (Å²) in [4.78, 5) is 22.2. The number of nitrogens with zero attached hydrogens (tertiary/aromatic N) is 1. The molecule has 0 aliphatic carbocycles. The van der Waals surface area contributed by atoms with E-state index < -0.39 is 4.92 Å². The Balaban J connectivity index is 2.19. The number of rotatable bonds is 4. The van der Waals surface area contributed by atoms with Crippen LogP contribution in [0.4, 0.5) is 5.69 Å². The highest BCUT2D eigenvalue weighted by atomic mass is 79.9. The summed E-state index contributed by atoms with van der Waals surface area (Å²) in [7, 11) is 0. The molecule has 102 valence electrons. The van der Waals surface area contributed by atoms with Crippen LogP contribution >= 0.6 is 27.5 Å². The summed E-state index contributed by atoms with van der Waals surface area (Å²) >= 11 is 9.28. The third-order valence-corrected chi connectivity index (χ3v) is 3.56. The Bertz CT molecular complexity index is 671. The standard InChI is InChI=1S/C14H9BrClNO3/c15-10-3-6-13(16)12(8-10)14(18)7-9-1-4-11(5-2-9)17(19)20/h1-6,8H,7H2. The molecule has 0 amide bonds. The fraction of sp³-hybridized carbons (Fsp3) is 0.0714. The van der Waals surface area contributed by atoms with E-state index in [2.05, 4.69) is 15.9 Å². The number of benzene rings is 2. The van der Waals surface area contributed by atoms with E-state index in [1.54, 1.807) is 30.3 Å². The van der Waals surface area contributed by atoms with Gasteiger partial charge in [-0.2, -0.15) is 0 Å². The van der Waals surface area contributed by atoms with Gasteiger partial charge in [-0.1, -0.05) is 39.7 Å². The Hall–Kier alpha value is -1.72. The van der Waals surface area contributed by atoms with Crippen molar-refractivity contribution in [2.45, 2.75) is 6.42 Å². The second kappa shape index (κ2) is 6.15. The predicted molar refractivity (Wildman–Crippen MR) is 80.3 cm³/mol. The first-order valence-corrected chi connectivity index (χ1v) is 6.86. The van der Waals surface area contributed by atoms with Gasteiger partial charge in [-0.3, -0.25) is 14.9 Å². The molecule has 2 rings (SSSR count). The lowest BCUT2D eigenvalue weighted by molar-refractivity contribution is -0.384. The average Bonchev–Trinajstić information content (AvgIpc) is 2.42. The minimum Gasteiger partial charge on any atom is -0.294 e. The first-order chi connectivity index (χ1) is 9.47. The van der Waals surface area contributed by atoms with Crippen LogP contribution in [0.2, 0.25) is 5.02 Å². The van der Waals surface area contributed by atoms with E-state index in [-0.39, 0.29) is 17.9 Å². The Morgan fingerprint density at radius 1 is 1.20 bits per heavy atom. The monoisotopic (exact) mass is 353 g/mol. The Morgan fingerprint density at radius 3 is 2.45 bits per heavy atom. The van der Waals surface area contributed by atoms with Crippen LogP contribution < -0.4 is 0 Å². The smallest absolute Gasteiger partial charge is 0.269 e. The van der Waals surface area contributed by atoms with Gasteiger partial charge in [0.05, 0.1) is 9.95 Å². The number of ketones is 1. The molecule has 0 spiro atoms. The molecule has 0 heterocycles. The molecule has 0 bridgehead atoms. The Labute approximate surface area is 128 Å². The van der Waals surface area contributed by atoms with Gasteiger partial charge in [0.15, 0.2) is 5.78 Å². The van der Waals surface area contributed by atoms with Crippen molar-refractivity contribution in [3.8, 4) is 0 Å². The molecule has 0 fully saturated rings. The van der Waals surface area contributed by atoms with Crippen LogP contribution in [0.1, 0.15) is 15.9 Å². The lowest BCUT2D eigenvalue weighted by Crippen LogP contribution is -2.04. The average molecular weight is 355 g/mol. The third kappa shape index (κ3) is 3.43. The van der Waals surface area contributed by atoms with Crippen molar-refractivity contribution in [3.63, 3.8) is 0 Å². The molecule has 0 aliphatic heterocycles. The fourth-order valence-corrected chi connectivity index (χ4v) is 2.31. The zero-order valence-electron chi connectivity index (χ0n) is 10.2. The summed E-state index contributed by atoms with van der Waals surface area (Å²) in [5.74, 6) is -0.134. The molecule has 0 unspecified atom stereocenters. The van der Waals surface area contributed by atoms with Gasteiger partial charge in [-0.15, -0.1) is 0 Å². The minimum absolute atomic E-state index is 0.00156. The van der Waals surface area contributed by atoms with Crippen molar-refractivity contribution in [2.75, 3.05) is 0 Å². The maximum Gasteiger partial charge on any atom is 0.269 e. The van der Waals surface area contributed by atoms with Crippen LogP contribution in [0.25, 0.3) is 0 Å². The molecule has 0 atom stereocenters. The molecule has 0 N–H and O–H groups in total. The van der Waals surface area contributed by atoms with E-state index >= 15 is 0 Å². The van der Waals surface area contributed by atoms with Gasteiger partial charge >= 0.3 is 0 Å². The van der Waals surface area contributed by atoms with Gasteiger partial charge in [-0.25, -0.2) is 0 Å². The molecule has 0 aromatic heterocycles. The van der Waals surface area contributed by atoms with E-state index in [9.17, 15) is 14.9 Å². The van der Waals surface area contributed by atoms with Crippen molar-refractivity contribution in [1.82, 2.24) is 0 Å². The van der Waals surface area contributed by atoms with Crippen molar-refractivity contribution in [2.24, 2.45) is 0 Å². The molecule has 20 heavy (non-hydrogen) atoms. The molecule has 0 radical (unpaired) electrons. The molecule has 6 heteroatoms. The van der Waals surface area contributed by atoms with Gasteiger partial charge in [0.2, 0.25) is 0 Å². The summed E-state index contributed by atoms with van der Waals surface area (Å²) in [6.45, 7) is 0. The van der Waals surface area contributed by atoms with Gasteiger partial charge < -0.3 is 0 Å². The highest BCUT2D eigenvalue weighted by Gasteiger charge is 2.12. The number of non-ortho nitro benzene ring substituents is 1. The van der Waals surface area contributed by atoms with E-state index in [1.807, 2.05) is 0 Å². The molecule has 0 saturated carbocycles. The number of nitro benzene ring substituents is 1. The molecule has 2 aromatic carbocycles. The number of Topliss-reactive ketones (excluding diaryl/α,β-unsaturated/α-hetero) is 1. The summed E-state index contributed by atoms with van der Waals surface area (Å²) in [6.07, 6.45) is 0.147. The van der Waals surface area contributed by atoms with E-state index in [1.165, 1.54) is 12.1 Å². The van der Waals surface area contributed by atoms with E-state index in [4.69, 9.17) is 11.6 Å². The van der Waals surface area contributed by atoms with Gasteiger partial charge in [-0.05, 0) is 23.8 Å². The summed E-state index contributed by atoms with van der Waals surface area (Å²) in [5, 5.41) is 10.9. The SMILES string of the molecule is O=C(Cc1ccc([N+](=O)[O-])cc1)c1cc(Br)ccc1Cl. The maximum absolute atomic E-state index is 12.2. The minimum atomic E-state index is -0.475. The molecule has 2 aromatic rings. The Morgan fingerprint density at radius 2 is 1.85 bits per heavy atom. The summed E-state index contributed by atoms with van der Waals surface area (Å²) in [6, 6.07) is 11.0. The van der Waals surface area contributed by atoms with Crippen LogP contribution in [-0.2, 0) is 6.42 Å². The number of halogens is 2. The van der Waals surface area contributed by atoms with Crippen molar-refractivity contribution in [3.05, 3.63) is 73.2 Å². The van der Waals surface area contributed by atoms with E-state index in [0.717, 1.165) is 4.47 Å². The molecule has 0 saturated heterocycles. The number of nitro groups is 1. The van der Waals surface area contributed by atoms with Crippen LogP contribution in [0, 0.1) is 10.1 Å². The van der Waals surface area contributed by atoms with Crippen molar-refractivity contribution >= 4 is 39.0 Å². The fourth-order valence-electron chi connectivity index (χ4n) is 1.73. The lowest BCUT2D eigenvalue weighted by Gasteiger charge is -2.04. The highest BCUT2D eigenvalue weighted by molar-refractivity contribution is 9.10. The second-order valence-corrected chi connectivity index (χ2v) is 5.47. The van der Waals surface area contributed by atoms with E-state index in [0.29, 0.717) is 16.1 Å². The lowest BCUT2D eigenvalue weighted by atomic mass is 10.0. The third-order valence-electron chi connectivity index (χ3n) is 2.74. The molecular formula is C14H9BrClNO3. The molecular weight excluding hydrogens is 346 g/mol. The van der Waals surface area contributed by atoms with Crippen LogP contribution in [-0.4, -0.2) is 10.7 Å². The first kappa shape index (κ1) is 14.7. The quantitative estimate of drug-likeness (QED) is 0.463. The predicted octanol–water partition coefficient (Wildman–Crippen LogP) is 4.44. The molecule has 0 aliphatic rings. The van der Waals surface area contributed by atoms with Crippen LogP contribution in [0.5, 0.6) is 0 Å². The maximum atomic E-state index is 12.2. The number of carbonyl (C=O) groups excluding carboxylic acids is 1. The number of carbonyl (C=O) groups is 1. The van der Waals surface area contributed by atoms with Gasteiger partial charge in [0, 0.05) is 28.6 Å². The van der Waals surface area contributed by atoms with Gasteiger partial charge in [0.1, 0.15) is 0 Å². The topological polar surface area (TPSA) is 60.2 Å². The zero-order chi connectivity index (χ0) is 14.7. The van der Waals surface area contributed by atoms with Crippen molar-refractivity contribution < 1.29 is 9.72 Å². The zero-order valence-corrected chi connectivity index (χ0v) is 12.5. The second-order valence-electron chi connectivity index (χ2n) is 4.15. The number of hydrogen-bond acceptors (Lipinski definition) is 3. The van der Waals surface area contributed by atoms with Crippen molar-refractivity contribution in [1.29, 1.82) is 0 Å². The van der Waals surface area contributed by atoms with Crippen LogP contribution in [0.15, 0.2) is 46.9 Å². The Kier molecular flexibility index (Phi) is 4.52.